The highest BCUT2D eigenvalue weighted by molar-refractivity contribution is 6.34. The molecule has 0 amide bonds. The second kappa shape index (κ2) is 5.14. The summed E-state index contributed by atoms with van der Waals surface area (Å²) in [6, 6.07) is 7.03. The fourth-order valence-electron chi connectivity index (χ4n) is 1.60. The average molecular weight is 265 g/mol. The Balaban J connectivity index is 2.22. The standard InChI is InChI=1S/C13H10ClFN2O/c14-11-7-9(15)1-2-10(11)12(18)5-8-3-4-17-13(16)6-8/h1-4,6-7H,5H2,(H2,16,17). The molecule has 2 aromatic rings. The number of nitrogens with two attached hydrogens (primary N) is 1. The minimum Gasteiger partial charge on any atom is -0.384 e. The molecule has 0 aliphatic heterocycles. The third-order valence-corrected chi connectivity index (χ3v) is 2.75. The normalized spacial score (nSPS) is 10.3. The van der Waals surface area contributed by atoms with Crippen LogP contribution in [0, 0.1) is 5.82 Å². The molecule has 2 N–H and O–H groups in total. The molecule has 2 rings (SSSR count). The van der Waals surface area contributed by atoms with Gasteiger partial charge in [-0.05, 0) is 35.9 Å². The van der Waals surface area contributed by atoms with E-state index in [2.05, 4.69) is 4.98 Å². The van der Waals surface area contributed by atoms with Gasteiger partial charge in [-0.15, -0.1) is 0 Å². The Morgan fingerprint density at radius 3 is 2.78 bits per heavy atom. The number of halogens is 2. The van der Waals surface area contributed by atoms with E-state index in [1.807, 2.05) is 0 Å². The van der Waals surface area contributed by atoms with Crippen LogP contribution in [0.2, 0.25) is 5.02 Å². The van der Waals surface area contributed by atoms with Crippen molar-refractivity contribution in [3.8, 4) is 0 Å². The van der Waals surface area contributed by atoms with Crippen molar-refractivity contribution in [1.82, 2.24) is 4.98 Å². The Bertz CT molecular complexity index is 601. The summed E-state index contributed by atoms with van der Waals surface area (Å²) in [6.07, 6.45) is 1.68. The van der Waals surface area contributed by atoms with Crippen LogP contribution in [0.1, 0.15) is 15.9 Å². The van der Waals surface area contributed by atoms with Gasteiger partial charge in [-0.3, -0.25) is 4.79 Å². The molecule has 5 heteroatoms. The molecule has 0 aliphatic rings. The number of carbonyl (C=O) groups is 1. The van der Waals surface area contributed by atoms with E-state index in [1.165, 1.54) is 18.3 Å². The first-order valence-corrected chi connectivity index (χ1v) is 5.63. The molecule has 0 aliphatic carbocycles. The molecule has 3 nitrogen and oxygen atoms in total. The topological polar surface area (TPSA) is 56.0 Å². The molecule has 0 atom stereocenters. The van der Waals surface area contributed by atoms with Crippen molar-refractivity contribution in [3.05, 3.63) is 58.5 Å². The fourth-order valence-corrected chi connectivity index (χ4v) is 1.87. The number of nitrogens with zero attached hydrogens (tertiary/aromatic N) is 1. The van der Waals surface area contributed by atoms with Gasteiger partial charge in [0.2, 0.25) is 0 Å². The number of aromatic nitrogens is 1. The quantitative estimate of drug-likeness (QED) is 0.868. The highest BCUT2D eigenvalue weighted by Gasteiger charge is 2.12. The number of Topliss-reactive ketones (excluding diaryl/α,β-unsaturated/α-hetero) is 1. The van der Waals surface area contributed by atoms with E-state index in [1.54, 1.807) is 12.1 Å². The maximum absolute atomic E-state index is 12.9. The number of pyridine rings is 1. The molecule has 92 valence electrons. The molecule has 0 fully saturated rings. The maximum Gasteiger partial charge on any atom is 0.168 e. The zero-order valence-electron chi connectivity index (χ0n) is 9.36. The largest absolute Gasteiger partial charge is 0.384 e. The summed E-state index contributed by atoms with van der Waals surface area (Å²) in [4.78, 5) is 15.8. The van der Waals surface area contributed by atoms with Crippen molar-refractivity contribution in [3.63, 3.8) is 0 Å². The van der Waals surface area contributed by atoms with Crippen LogP contribution in [0.3, 0.4) is 0 Å². The van der Waals surface area contributed by atoms with Gasteiger partial charge in [0.1, 0.15) is 11.6 Å². The number of anilines is 1. The van der Waals surface area contributed by atoms with Gasteiger partial charge in [0, 0.05) is 18.2 Å². The van der Waals surface area contributed by atoms with Gasteiger partial charge in [0.15, 0.2) is 5.78 Å². The molecule has 0 spiro atoms. The Morgan fingerprint density at radius 1 is 1.33 bits per heavy atom. The van der Waals surface area contributed by atoms with E-state index in [0.717, 1.165) is 11.6 Å². The van der Waals surface area contributed by atoms with Crippen LogP contribution in [0.25, 0.3) is 0 Å². The van der Waals surface area contributed by atoms with Crippen LogP contribution >= 0.6 is 11.6 Å². The molecule has 0 bridgehead atoms. The lowest BCUT2D eigenvalue weighted by Gasteiger charge is -2.04. The molecular formula is C13H10ClFN2O. The Morgan fingerprint density at radius 2 is 2.11 bits per heavy atom. The number of carbonyl (C=O) groups excluding carboxylic acids is 1. The lowest BCUT2D eigenvalue weighted by atomic mass is 10.0. The first kappa shape index (κ1) is 12.5. The van der Waals surface area contributed by atoms with Gasteiger partial charge < -0.3 is 5.73 Å². The zero-order valence-corrected chi connectivity index (χ0v) is 10.1. The molecule has 1 aromatic carbocycles. The van der Waals surface area contributed by atoms with Crippen molar-refractivity contribution in [1.29, 1.82) is 0 Å². The fraction of sp³-hybridized carbons (Fsp3) is 0.0769. The van der Waals surface area contributed by atoms with Crippen molar-refractivity contribution in [2.45, 2.75) is 6.42 Å². The summed E-state index contributed by atoms with van der Waals surface area (Å²) in [5.74, 6) is -0.305. The summed E-state index contributed by atoms with van der Waals surface area (Å²) in [5.41, 5.74) is 6.57. The first-order valence-electron chi connectivity index (χ1n) is 5.25. The summed E-state index contributed by atoms with van der Waals surface area (Å²) in [5, 5.41) is 0.113. The predicted octanol–water partition coefficient (Wildman–Crippen LogP) is 2.88. The highest BCUT2D eigenvalue weighted by atomic mass is 35.5. The van der Waals surface area contributed by atoms with E-state index in [-0.39, 0.29) is 17.2 Å². The highest BCUT2D eigenvalue weighted by Crippen LogP contribution is 2.19. The van der Waals surface area contributed by atoms with Crippen LogP contribution < -0.4 is 5.73 Å². The Hall–Kier alpha value is -1.94. The number of hydrogen-bond acceptors (Lipinski definition) is 3. The van der Waals surface area contributed by atoms with Gasteiger partial charge in [-0.25, -0.2) is 9.37 Å². The first-order chi connectivity index (χ1) is 8.56. The minimum atomic E-state index is -0.468. The molecule has 0 saturated heterocycles. The number of hydrogen-bond donors (Lipinski definition) is 1. The molecular weight excluding hydrogens is 255 g/mol. The SMILES string of the molecule is Nc1cc(CC(=O)c2ccc(F)cc2Cl)ccn1. The maximum atomic E-state index is 12.9. The average Bonchev–Trinajstić information content (AvgIpc) is 2.28. The van der Waals surface area contributed by atoms with Crippen molar-refractivity contribution >= 4 is 23.2 Å². The van der Waals surface area contributed by atoms with Gasteiger partial charge in [0.25, 0.3) is 0 Å². The molecule has 1 heterocycles. The second-order valence-electron chi connectivity index (χ2n) is 3.81. The third kappa shape index (κ3) is 2.84. The van der Waals surface area contributed by atoms with Crippen molar-refractivity contribution in [2.24, 2.45) is 0 Å². The van der Waals surface area contributed by atoms with Gasteiger partial charge in [-0.2, -0.15) is 0 Å². The number of ketones is 1. The van der Waals surface area contributed by atoms with Crippen molar-refractivity contribution < 1.29 is 9.18 Å². The molecule has 0 unspecified atom stereocenters. The van der Waals surface area contributed by atoms with Crippen molar-refractivity contribution in [2.75, 3.05) is 5.73 Å². The van der Waals surface area contributed by atoms with E-state index in [9.17, 15) is 9.18 Å². The molecule has 1 aromatic heterocycles. The number of nitrogen functional groups attached to an aromatic ring is 1. The number of rotatable bonds is 3. The van der Waals surface area contributed by atoms with Crippen LogP contribution in [0.15, 0.2) is 36.5 Å². The molecule has 0 radical (unpaired) electrons. The summed E-state index contributed by atoms with van der Waals surface area (Å²) < 4.78 is 12.9. The summed E-state index contributed by atoms with van der Waals surface area (Å²) in [6.45, 7) is 0. The predicted molar refractivity (Wildman–Crippen MR) is 68.1 cm³/mol. The van der Waals surface area contributed by atoms with Crippen LogP contribution in [0.4, 0.5) is 10.2 Å². The van der Waals surface area contributed by atoms with Crippen LogP contribution in [-0.4, -0.2) is 10.8 Å². The van der Waals surface area contributed by atoms with Gasteiger partial charge in [-0.1, -0.05) is 11.6 Å². The summed E-state index contributed by atoms with van der Waals surface area (Å²) >= 11 is 5.82. The third-order valence-electron chi connectivity index (χ3n) is 2.44. The molecule has 18 heavy (non-hydrogen) atoms. The monoisotopic (exact) mass is 264 g/mol. The van der Waals surface area contributed by atoms with Gasteiger partial charge >= 0.3 is 0 Å². The van der Waals surface area contributed by atoms with Gasteiger partial charge in [0.05, 0.1) is 5.02 Å². The van der Waals surface area contributed by atoms with E-state index >= 15 is 0 Å². The lowest BCUT2D eigenvalue weighted by molar-refractivity contribution is 0.0993. The number of benzene rings is 1. The Kier molecular flexibility index (Phi) is 3.58. The lowest BCUT2D eigenvalue weighted by Crippen LogP contribution is -2.05. The van der Waals surface area contributed by atoms with E-state index in [4.69, 9.17) is 17.3 Å². The van der Waals surface area contributed by atoms with E-state index < -0.39 is 5.82 Å². The van der Waals surface area contributed by atoms with Crippen LogP contribution in [-0.2, 0) is 6.42 Å². The second-order valence-corrected chi connectivity index (χ2v) is 4.22. The Labute approximate surface area is 108 Å². The van der Waals surface area contributed by atoms with Crippen LogP contribution in [0.5, 0.6) is 0 Å². The summed E-state index contributed by atoms with van der Waals surface area (Å²) in [7, 11) is 0. The zero-order chi connectivity index (χ0) is 13.1. The smallest absolute Gasteiger partial charge is 0.168 e. The molecule has 0 saturated carbocycles. The minimum absolute atomic E-state index is 0.113. The van der Waals surface area contributed by atoms with E-state index in [0.29, 0.717) is 11.4 Å².